The Bertz CT molecular complexity index is 3750. The van der Waals surface area contributed by atoms with Crippen LogP contribution in [0.2, 0.25) is 0 Å². The fraction of sp³-hybridized carbons (Fsp3) is 0.484. The number of nitrogens with zero attached hydrogens (tertiary/aromatic N) is 4. The van der Waals surface area contributed by atoms with Crippen molar-refractivity contribution in [1.82, 2.24) is 24.0 Å². The van der Waals surface area contributed by atoms with Crippen LogP contribution in [-0.2, 0) is 65.1 Å². The number of carbonyl (C=O) groups is 4. The second-order valence-electron chi connectivity index (χ2n) is 22.6. The van der Waals surface area contributed by atoms with E-state index in [1.807, 2.05) is 69.3 Å². The van der Waals surface area contributed by atoms with Crippen LogP contribution >= 0.6 is 0 Å². The Kier molecular flexibility index (Phi) is 23.9. The van der Waals surface area contributed by atoms with E-state index in [1.165, 1.54) is 12.1 Å². The van der Waals surface area contributed by atoms with Gasteiger partial charge in [0.25, 0.3) is 10.0 Å². The van der Waals surface area contributed by atoms with Crippen molar-refractivity contribution < 1.29 is 60.1 Å². The molecule has 482 valence electrons. The molecule has 3 aliphatic rings. The van der Waals surface area contributed by atoms with E-state index in [0.717, 1.165) is 32.7 Å². The van der Waals surface area contributed by atoms with Crippen LogP contribution in [0.4, 0.5) is 0 Å². The summed E-state index contributed by atoms with van der Waals surface area (Å²) >= 11 is 0. The summed E-state index contributed by atoms with van der Waals surface area (Å²) in [6.07, 6.45) is 3.23. The number of guanidine groups is 2. The molecule has 26 heteroatoms. The van der Waals surface area contributed by atoms with Crippen LogP contribution < -0.4 is 36.1 Å². The number of hydrogen-bond donors (Lipinski definition) is 6. The van der Waals surface area contributed by atoms with Gasteiger partial charge in [-0.25, -0.2) is 30.0 Å². The van der Waals surface area contributed by atoms with Crippen molar-refractivity contribution >= 4 is 87.3 Å². The first-order valence-electron chi connectivity index (χ1n) is 29.3. The van der Waals surface area contributed by atoms with Crippen LogP contribution in [0.5, 0.6) is 5.75 Å². The number of nitrogens with two attached hydrogens (primary N) is 3. The number of amides is 2. The molecule has 23 nitrogen and oxygen atoms in total. The predicted octanol–water partition coefficient (Wildman–Crippen LogP) is 6.22. The summed E-state index contributed by atoms with van der Waals surface area (Å²) in [6.45, 7) is 14.8. The van der Waals surface area contributed by atoms with Crippen molar-refractivity contribution in [2.24, 2.45) is 39.0 Å². The quantitative estimate of drug-likeness (QED) is 0.0194. The molecule has 0 aromatic heterocycles. The number of aliphatic imine (C=N–C) groups is 2. The molecule has 2 amide bonds. The topological polar surface area (TPSA) is 344 Å². The lowest BCUT2D eigenvalue weighted by Crippen LogP contribution is -2.51. The zero-order valence-corrected chi connectivity index (χ0v) is 52.9. The molecule has 0 spiro atoms. The Hall–Kier alpha value is -7.39. The second-order valence-corrected chi connectivity index (χ2v) is 27.6. The number of rotatable bonds is 22. The van der Waals surface area contributed by atoms with E-state index in [0.29, 0.717) is 75.1 Å². The minimum absolute atomic E-state index is 0. The van der Waals surface area contributed by atoms with Gasteiger partial charge in [-0.1, -0.05) is 68.1 Å². The highest BCUT2D eigenvalue weighted by Crippen LogP contribution is 2.44. The van der Waals surface area contributed by atoms with Crippen molar-refractivity contribution in [1.29, 1.82) is 0 Å². The Balaban J connectivity index is 0.000000341. The number of esters is 2. The second kappa shape index (κ2) is 30.2. The first-order valence-corrected chi connectivity index (χ1v) is 33.7. The average Bonchev–Trinajstić information content (AvgIpc) is 1.69. The van der Waals surface area contributed by atoms with E-state index in [9.17, 15) is 44.4 Å². The van der Waals surface area contributed by atoms with Gasteiger partial charge in [0.15, 0.2) is 5.96 Å². The van der Waals surface area contributed by atoms with Gasteiger partial charge in [0.2, 0.25) is 37.8 Å². The fourth-order valence-corrected chi connectivity index (χ4v) is 15.2. The molecule has 9 N–H and O–H groups in total. The van der Waals surface area contributed by atoms with Crippen molar-refractivity contribution in [2.75, 3.05) is 52.5 Å². The van der Waals surface area contributed by atoms with Crippen molar-refractivity contribution in [3.05, 3.63) is 107 Å². The first-order chi connectivity index (χ1) is 41.1. The fourth-order valence-electron chi connectivity index (χ4n) is 11.1. The van der Waals surface area contributed by atoms with Gasteiger partial charge >= 0.3 is 11.9 Å². The molecule has 88 heavy (non-hydrogen) atoms. The van der Waals surface area contributed by atoms with Gasteiger partial charge in [-0.3, -0.25) is 29.2 Å². The molecule has 5 aromatic rings. The van der Waals surface area contributed by atoms with Gasteiger partial charge in [-0.15, -0.1) is 0 Å². The summed E-state index contributed by atoms with van der Waals surface area (Å²) in [7, 11) is -12.2. The Labute approximate surface area is 519 Å². The van der Waals surface area contributed by atoms with Gasteiger partial charge < -0.3 is 41.2 Å². The summed E-state index contributed by atoms with van der Waals surface area (Å²) in [5.74, 6) is -1.57. The number of fused-ring (bicyclic) bond motifs is 3. The van der Waals surface area contributed by atoms with Crippen LogP contribution in [0.15, 0.2) is 110 Å². The molecule has 3 heterocycles. The maximum atomic E-state index is 13.8. The molecular weight excluding hydrogens is 1190 g/mol. The number of nitrogens with one attached hydrogen (secondary N) is 3. The zero-order valence-electron chi connectivity index (χ0n) is 50.5. The van der Waals surface area contributed by atoms with Crippen LogP contribution in [-0.4, -0.2) is 141 Å². The molecule has 5 aromatic carbocycles. The molecule has 0 radical (unpaired) electrons. The molecule has 2 atom stereocenters. The molecule has 0 aliphatic carbocycles. The summed E-state index contributed by atoms with van der Waals surface area (Å²) in [5.41, 5.74) is 19.1. The third kappa shape index (κ3) is 17.7. The van der Waals surface area contributed by atoms with Crippen LogP contribution in [0, 0.1) is 32.6 Å². The maximum absolute atomic E-state index is 13.8. The average molecular weight is 1280 g/mol. The Morgan fingerprint density at radius 2 is 1.05 bits per heavy atom. The van der Waals surface area contributed by atoms with E-state index < -0.39 is 53.7 Å². The highest BCUT2D eigenvalue weighted by atomic mass is 32.2. The van der Waals surface area contributed by atoms with Gasteiger partial charge in [-0.2, -0.15) is 9.44 Å². The Morgan fingerprint density at radius 3 is 1.47 bits per heavy atom. The van der Waals surface area contributed by atoms with Crippen molar-refractivity contribution in [3.63, 3.8) is 0 Å². The number of benzene rings is 5. The molecule has 0 bridgehead atoms. The summed E-state index contributed by atoms with van der Waals surface area (Å²) in [6, 6.07) is 22.3. The minimum Gasteiger partial charge on any atom is -0.487 e. The Morgan fingerprint density at radius 1 is 0.625 bits per heavy atom. The number of ether oxygens (including phenoxy) is 3. The summed E-state index contributed by atoms with van der Waals surface area (Å²) in [4.78, 5) is 63.0. The molecule has 2 saturated heterocycles. The van der Waals surface area contributed by atoms with E-state index in [1.54, 1.807) is 61.8 Å². The number of carbonyl (C=O) groups excluding carboxylic acids is 4. The standard InChI is InChI=1S/C37H49N5O8S2.C24H33N5O5S.CH4.H2/c1-7-49-35(44)27-16-19-42(20-17-27)34(43)31(40-51(45,46)29-15-14-26-11-8-9-12-28(26)21-29)13-10-18-39-36(38)41-52(47,48)33-24(3)23(2)32-30(25(33)4)22-37(5,6)50-32;1-2-34-23(31)18-11-14-29(15-12-18)22(30)21(8-5-13-27-24(25)26)28-35(32,33)20-10-9-17-6-3-4-7-19(17)16-20;;/h8-9,11-12,14-15,21,27,31,40H,7,10,13,16-20,22H2,1-6H3,(H3,38,39,41);3-4,6-7,9-10,16,18,21,28H,2,5,8,11-15H2,1H3,(H4,25,26,27);1H4;1H/t31-;21-;;/m00../s1. The predicted molar refractivity (Wildman–Crippen MR) is 342 cm³/mol. The van der Waals surface area contributed by atoms with E-state index >= 15 is 0 Å². The normalized spacial score (nSPS) is 16.2. The van der Waals surface area contributed by atoms with Crippen LogP contribution in [0.3, 0.4) is 0 Å². The number of sulfonamides is 3. The van der Waals surface area contributed by atoms with E-state index in [2.05, 4.69) is 24.2 Å². The molecule has 0 unspecified atom stereocenters. The smallest absolute Gasteiger partial charge is 0.309 e. The largest absolute Gasteiger partial charge is 0.487 e. The lowest BCUT2D eigenvalue weighted by atomic mass is 9.94. The molecule has 3 aliphatic heterocycles. The molecule has 0 saturated carbocycles. The summed E-state index contributed by atoms with van der Waals surface area (Å²) in [5, 5.41) is 3.31. The zero-order chi connectivity index (χ0) is 63.4. The maximum Gasteiger partial charge on any atom is 0.309 e. The van der Waals surface area contributed by atoms with Crippen LogP contribution in [0.25, 0.3) is 21.5 Å². The molecular formula is C62H88N10O13S3. The third-order valence-electron chi connectivity index (χ3n) is 15.8. The van der Waals surface area contributed by atoms with Crippen molar-refractivity contribution in [3.8, 4) is 5.75 Å². The number of hydrogen-bond acceptors (Lipinski definition) is 15. The summed E-state index contributed by atoms with van der Waals surface area (Å²) < 4.78 is 105. The van der Waals surface area contributed by atoms with Gasteiger partial charge in [0, 0.05) is 52.7 Å². The van der Waals surface area contributed by atoms with E-state index in [4.69, 9.17) is 31.4 Å². The van der Waals surface area contributed by atoms with Crippen molar-refractivity contribution in [2.45, 2.75) is 146 Å². The molecule has 8 rings (SSSR count). The van der Waals surface area contributed by atoms with Gasteiger partial charge in [-0.05, 0) is 162 Å². The first kappa shape index (κ1) is 69.7. The number of piperidine rings is 2. The van der Waals surface area contributed by atoms with Gasteiger partial charge in [0.1, 0.15) is 23.4 Å². The highest BCUT2D eigenvalue weighted by molar-refractivity contribution is 7.90. The number of likely N-dealkylation sites (tertiary alicyclic amines) is 2. The lowest BCUT2D eigenvalue weighted by Gasteiger charge is -2.33. The lowest BCUT2D eigenvalue weighted by molar-refractivity contribution is -0.151. The monoisotopic (exact) mass is 1280 g/mol. The van der Waals surface area contributed by atoms with E-state index in [-0.39, 0.29) is 117 Å². The minimum atomic E-state index is -4.13. The molecule has 2 fully saturated rings. The SMILES string of the molecule is C.CCOC(=O)C1CCN(C(=O)[C@H](CCCN=C(N)N)NS(=O)(=O)c2ccc3ccccc3c2)CC1.CCOC(=O)C1CCN(C(=O)[C@H](CCCN=C(N)NS(=O)(=O)c2c(C)c(C)c3c(c2C)CC(C)(C)O3)NS(=O)(=O)c2ccc3ccccc3c2)CC1.[HH]. The van der Waals surface area contributed by atoms with Crippen LogP contribution in [0.1, 0.15) is 110 Å². The van der Waals surface area contributed by atoms with Gasteiger partial charge in [0.05, 0.1) is 39.7 Å². The third-order valence-corrected chi connectivity index (χ3v) is 20.4. The highest BCUT2D eigenvalue weighted by Gasteiger charge is 2.38.